The Morgan fingerprint density at radius 2 is 0.719 bits per heavy atom. The summed E-state index contributed by atoms with van der Waals surface area (Å²) in [4.78, 5) is 25.4. The van der Waals surface area contributed by atoms with Crippen molar-refractivity contribution in [3.8, 4) is 0 Å². The topological polar surface area (TPSA) is 61.8 Å². The lowest BCUT2D eigenvalue weighted by molar-refractivity contribution is -0.163. The summed E-state index contributed by atoms with van der Waals surface area (Å²) in [6.45, 7) is 7.68. The second kappa shape index (κ2) is 54.7. The second-order valence-electron chi connectivity index (χ2n) is 18.1. The smallest absolute Gasteiger partial charge is 0.306 e. The van der Waals surface area contributed by atoms with Gasteiger partial charge in [0.1, 0.15) is 6.61 Å². The lowest BCUT2D eigenvalue weighted by Gasteiger charge is -2.18. The monoisotopic (exact) mass is 893 g/mol. The molecule has 0 aliphatic carbocycles. The van der Waals surface area contributed by atoms with Crippen LogP contribution in [0.15, 0.2) is 72.9 Å². The highest BCUT2D eigenvalue weighted by Gasteiger charge is 2.17. The molecule has 0 radical (unpaired) electrons. The van der Waals surface area contributed by atoms with E-state index in [0.29, 0.717) is 19.4 Å². The third-order valence-electron chi connectivity index (χ3n) is 11.7. The van der Waals surface area contributed by atoms with Gasteiger partial charge in [-0.3, -0.25) is 9.59 Å². The van der Waals surface area contributed by atoms with E-state index in [1.54, 1.807) is 0 Å². The molecule has 0 spiro atoms. The Bertz CT molecular complexity index is 1150. The van der Waals surface area contributed by atoms with Crippen LogP contribution in [0.5, 0.6) is 0 Å². The van der Waals surface area contributed by atoms with Gasteiger partial charge in [0.05, 0.1) is 6.61 Å². The predicted molar refractivity (Wildman–Crippen MR) is 279 cm³/mol. The van der Waals surface area contributed by atoms with Gasteiger partial charge in [0.15, 0.2) is 6.10 Å². The Labute approximate surface area is 397 Å². The van der Waals surface area contributed by atoms with Crippen LogP contribution in [-0.4, -0.2) is 37.9 Å². The number of carbonyl (C=O) groups is 2. The van der Waals surface area contributed by atoms with Crippen LogP contribution in [-0.2, 0) is 23.8 Å². The molecule has 0 saturated heterocycles. The fourth-order valence-corrected chi connectivity index (χ4v) is 7.66. The lowest BCUT2D eigenvalue weighted by atomic mass is 10.0. The molecule has 0 saturated carbocycles. The molecule has 0 bridgehead atoms. The zero-order valence-electron chi connectivity index (χ0n) is 42.5. The summed E-state index contributed by atoms with van der Waals surface area (Å²) in [6, 6.07) is 0. The van der Waals surface area contributed by atoms with E-state index in [4.69, 9.17) is 14.2 Å². The van der Waals surface area contributed by atoms with E-state index in [0.717, 1.165) is 77.0 Å². The number of unbranched alkanes of at least 4 members (excludes halogenated alkanes) is 27. The minimum absolute atomic E-state index is 0.0548. The second-order valence-corrected chi connectivity index (χ2v) is 18.1. The van der Waals surface area contributed by atoms with Gasteiger partial charge in [0.2, 0.25) is 0 Å². The summed E-state index contributed by atoms with van der Waals surface area (Å²) in [5, 5.41) is 0. The first-order chi connectivity index (χ1) is 31.6. The van der Waals surface area contributed by atoms with Crippen LogP contribution in [0.3, 0.4) is 0 Å². The molecule has 1 unspecified atom stereocenters. The van der Waals surface area contributed by atoms with Gasteiger partial charge >= 0.3 is 11.9 Å². The van der Waals surface area contributed by atoms with E-state index in [1.165, 1.54) is 154 Å². The Hall–Kier alpha value is -2.66. The summed E-state index contributed by atoms with van der Waals surface area (Å²) < 4.78 is 17.4. The molecule has 5 heteroatoms. The molecule has 0 aliphatic rings. The maximum Gasteiger partial charge on any atom is 0.306 e. The van der Waals surface area contributed by atoms with Crippen molar-refractivity contribution in [2.75, 3.05) is 19.8 Å². The van der Waals surface area contributed by atoms with Crippen molar-refractivity contribution in [1.82, 2.24) is 0 Å². The van der Waals surface area contributed by atoms with Crippen molar-refractivity contribution in [1.29, 1.82) is 0 Å². The standard InChI is InChI=1S/C59H104O5/c1-4-7-10-13-16-19-22-25-28-30-32-34-37-40-43-46-49-52-58(60)63-56-57(55-62-54-51-48-45-42-39-36-27-24-21-18-15-12-9-6-3)64-59(61)53-50-47-44-41-38-35-33-31-29-26-23-20-17-14-11-8-5-2/h7,10,16,19,25-26,28-29,32,34,40,43,57H,4-6,8-9,11-15,17-18,20-24,27,30-31,33,35-39,41-42,44-56H2,1-3H3/b10-7-,19-16-,28-25-,29-26-,34-32-,43-40-. The fourth-order valence-electron chi connectivity index (χ4n) is 7.66. The molecular weight excluding hydrogens is 789 g/mol. The van der Waals surface area contributed by atoms with Crippen molar-refractivity contribution in [2.45, 2.75) is 271 Å². The minimum Gasteiger partial charge on any atom is -0.462 e. The van der Waals surface area contributed by atoms with Gasteiger partial charge in [-0.15, -0.1) is 0 Å². The SMILES string of the molecule is CC/C=C\C/C=C\C/C=C\C/C=C\C/C=C\CCCC(=O)OCC(COCCCCCCCCCCCCCCCC)OC(=O)CCCCCCCCC/C=C\CCCCCCCC. The first-order valence-electron chi connectivity index (χ1n) is 27.5. The van der Waals surface area contributed by atoms with Crippen molar-refractivity contribution >= 4 is 11.9 Å². The van der Waals surface area contributed by atoms with Crippen LogP contribution < -0.4 is 0 Å². The van der Waals surface area contributed by atoms with Crippen molar-refractivity contribution < 1.29 is 23.8 Å². The molecule has 0 aliphatic heterocycles. The molecule has 370 valence electrons. The van der Waals surface area contributed by atoms with Gasteiger partial charge in [-0.25, -0.2) is 0 Å². The third-order valence-corrected chi connectivity index (χ3v) is 11.7. The average Bonchev–Trinajstić information content (AvgIpc) is 3.30. The summed E-state index contributed by atoms with van der Waals surface area (Å²) in [7, 11) is 0. The highest BCUT2D eigenvalue weighted by Crippen LogP contribution is 2.15. The maximum absolute atomic E-state index is 12.8. The number of ether oxygens (including phenoxy) is 3. The molecule has 0 heterocycles. The quantitative estimate of drug-likeness (QED) is 0.0346. The molecule has 0 aromatic rings. The van der Waals surface area contributed by atoms with E-state index in [9.17, 15) is 9.59 Å². The van der Waals surface area contributed by atoms with Crippen LogP contribution in [0.2, 0.25) is 0 Å². The Morgan fingerprint density at radius 1 is 0.359 bits per heavy atom. The Morgan fingerprint density at radius 3 is 1.19 bits per heavy atom. The molecule has 0 N–H and O–H groups in total. The van der Waals surface area contributed by atoms with Crippen molar-refractivity contribution in [2.24, 2.45) is 0 Å². The first-order valence-corrected chi connectivity index (χ1v) is 27.5. The van der Waals surface area contributed by atoms with E-state index >= 15 is 0 Å². The fraction of sp³-hybridized carbons (Fsp3) is 0.763. The van der Waals surface area contributed by atoms with E-state index in [1.807, 2.05) is 0 Å². The molecule has 64 heavy (non-hydrogen) atoms. The number of esters is 2. The Balaban J connectivity index is 4.35. The molecule has 0 aromatic carbocycles. The maximum atomic E-state index is 12.8. The molecule has 0 amide bonds. The number of carbonyl (C=O) groups excluding carboxylic acids is 2. The highest BCUT2D eigenvalue weighted by atomic mass is 16.6. The van der Waals surface area contributed by atoms with Gasteiger partial charge in [-0.2, -0.15) is 0 Å². The molecule has 0 rings (SSSR count). The Kier molecular flexibility index (Phi) is 52.4. The number of hydrogen-bond acceptors (Lipinski definition) is 5. The summed E-state index contributed by atoms with van der Waals surface area (Å²) in [5.74, 6) is -0.461. The summed E-state index contributed by atoms with van der Waals surface area (Å²) >= 11 is 0. The summed E-state index contributed by atoms with van der Waals surface area (Å²) in [6.07, 6.45) is 70.6. The zero-order chi connectivity index (χ0) is 46.3. The van der Waals surface area contributed by atoms with Crippen LogP contribution in [0.1, 0.15) is 265 Å². The van der Waals surface area contributed by atoms with Gasteiger partial charge in [-0.05, 0) is 83.5 Å². The highest BCUT2D eigenvalue weighted by molar-refractivity contribution is 5.70. The van der Waals surface area contributed by atoms with Gasteiger partial charge in [-0.1, -0.05) is 241 Å². The van der Waals surface area contributed by atoms with E-state index in [-0.39, 0.29) is 25.2 Å². The van der Waals surface area contributed by atoms with Crippen molar-refractivity contribution in [3.63, 3.8) is 0 Å². The van der Waals surface area contributed by atoms with Crippen LogP contribution in [0.25, 0.3) is 0 Å². The molecule has 0 fully saturated rings. The normalized spacial score (nSPS) is 12.7. The molecule has 5 nitrogen and oxygen atoms in total. The third kappa shape index (κ3) is 52.0. The zero-order valence-corrected chi connectivity index (χ0v) is 42.5. The van der Waals surface area contributed by atoms with E-state index < -0.39 is 6.10 Å². The van der Waals surface area contributed by atoms with Crippen molar-refractivity contribution in [3.05, 3.63) is 72.9 Å². The van der Waals surface area contributed by atoms with Crippen LogP contribution in [0, 0.1) is 0 Å². The first kappa shape index (κ1) is 61.3. The van der Waals surface area contributed by atoms with Gasteiger partial charge in [0.25, 0.3) is 0 Å². The molecule has 0 aromatic heterocycles. The number of rotatable bonds is 50. The molecule has 1 atom stereocenters. The minimum atomic E-state index is -0.561. The van der Waals surface area contributed by atoms with Crippen LogP contribution in [0.4, 0.5) is 0 Å². The largest absolute Gasteiger partial charge is 0.462 e. The average molecular weight is 893 g/mol. The molecular formula is C59H104O5. The number of allylic oxidation sites excluding steroid dienone is 12. The van der Waals surface area contributed by atoms with E-state index in [2.05, 4.69) is 93.7 Å². The number of hydrogen-bond donors (Lipinski definition) is 0. The lowest BCUT2D eigenvalue weighted by Crippen LogP contribution is -2.30. The van der Waals surface area contributed by atoms with Gasteiger partial charge in [0, 0.05) is 19.4 Å². The predicted octanol–water partition coefficient (Wildman–Crippen LogP) is 18.7. The van der Waals surface area contributed by atoms with Gasteiger partial charge < -0.3 is 14.2 Å². The summed E-state index contributed by atoms with van der Waals surface area (Å²) in [5.41, 5.74) is 0. The van der Waals surface area contributed by atoms with Crippen LogP contribution >= 0.6 is 0 Å².